The van der Waals surface area contributed by atoms with Crippen LogP contribution in [0.5, 0.6) is 0 Å². The Balaban J connectivity index is 1.23. The van der Waals surface area contributed by atoms with Gasteiger partial charge in [0.1, 0.15) is 17.2 Å². The molecule has 9 nitrogen and oxygen atoms in total. The largest absolute Gasteiger partial charge is 0.367 e. The second kappa shape index (κ2) is 9.35. The average molecular weight is 489 g/mol. The summed E-state index contributed by atoms with van der Waals surface area (Å²) in [4.78, 5) is 31.7. The first kappa shape index (κ1) is 23.2. The third kappa shape index (κ3) is 4.09. The van der Waals surface area contributed by atoms with E-state index in [0.29, 0.717) is 30.0 Å². The van der Waals surface area contributed by atoms with Gasteiger partial charge in [-0.2, -0.15) is 4.98 Å². The number of aromatic nitrogens is 4. The van der Waals surface area contributed by atoms with Crippen molar-refractivity contribution in [3.63, 3.8) is 0 Å². The van der Waals surface area contributed by atoms with Gasteiger partial charge < -0.3 is 20.1 Å². The van der Waals surface area contributed by atoms with Gasteiger partial charge in [0.25, 0.3) is 5.91 Å². The Morgan fingerprint density at radius 3 is 2.75 bits per heavy atom. The number of nitrogens with one attached hydrogen (secondary N) is 2. The van der Waals surface area contributed by atoms with E-state index in [1.54, 1.807) is 0 Å². The van der Waals surface area contributed by atoms with Gasteiger partial charge in [-0.15, -0.1) is 0 Å². The van der Waals surface area contributed by atoms with Crippen molar-refractivity contribution in [2.45, 2.75) is 64.0 Å². The maximum absolute atomic E-state index is 12.7. The summed E-state index contributed by atoms with van der Waals surface area (Å²) in [6.07, 6.45) is 10.7. The van der Waals surface area contributed by atoms with E-state index in [1.807, 2.05) is 24.5 Å². The number of carbonyl (C=O) groups is 1. The molecule has 1 amide bonds. The lowest BCUT2D eigenvalue weighted by Crippen LogP contribution is -2.52. The van der Waals surface area contributed by atoms with Crippen LogP contribution in [-0.4, -0.2) is 69.1 Å². The molecule has 3 aromatic rings. The number of nitrogens with zero attached hydrogens (tertiary/aromatic N) is 6. The molecule has 2 aliphatic heterocycles. The first-order chi connectivity index (χ1) is 17.6. The normalized spacial score (nSPS) is 22.0. The van der Waals surface area contributed by atoms with Crippen molar-refractivity contribution in [3.8, 4) is 0 Å². The van der Waals surface area contributed by atoms with E-state index < -0.39 is 0 Å². The van der Waals surface area contributed by atoms with Gasteiger partial charge >= 0.3 is 0 Å². The second-order valence-electron chi connectivity index (χ2n) is 10.7. The molecule has 0 aromatic carbocycles. The second-order valence-corrected chi connectivity index (χ2v) is 10.7. The average Bonchev–Trinajstić information content (AvgIpc) is 3.30. The zero-order chi connectivity index (χ0) is 24.7. The molecule has 190 valence electrons. The van der Waals surface area contributed by atoms with Crippen LogP contribution in [0.25, 0.3) is 11.0 Å². The quantitative estimate of drug-likeness (QED) is 0.563. The fourth-order valence-electron chi connectivity index (χ4n) is 6.33. The molecule has 2 fully saturated rings. The molecule has 0 radical (unpaired) electrons. The fourth-order valence-corrected chi connectivity index (χ4v) is 6.33. The molecule has 5 heterocycles. The smallest absolute Gasteiger partial charge is 0.268 e. The number of pyridine rings is 1. The van der Waals surface area contributed by atoms with E-state index in [-0.39, 0.29) is 11.4 Å². The van der Waals surface area contributed by atoms with E-state index in [2.05, 4.69) is 54.9 Å². The number of rotatable bonds is 5. The molecule has 2 N–H and O–H groups in total. The minimum Gasteiger partial charge on any atom is -0.367 e. The number of fused-ring (bicyclic) bond motifs is 4. The van der Waals surface area contributed by atoms with Gasteiger partial charge in [-0.25, -0.2) is 9.97 Å². The number of amides is 1. The summed E-state index contributed by atoms with van der Waals surface area (Å²) in [5.74, 6) is 1.19. The van der Waals surface area contributed by atoms with E-state index in [0.717, 1.165) is 55.7 Å². The van der Waals surface area contributed by atoms with Crippen LogP contribution in [0.4, 0.5) is 17.5 Å². The Hall–Kier alpha value is -3.20. The van der Waals surface area contributed by atoms with Crippen LogP contribution < -0.4 is 15.5 Å². The lowest BCUT2D eigenvalue weighted by molar-refractivity contribution is 0.0833. The Labute approximate surface area is 212 Å². The highest BCUT2D eigenvalue weighted by Crippen LogP contribution is 2.40. The molecule has 0 bridgehead atoms. The third-order valence-electron chi connectivity index (χ3n) is 8.24. The summed E-state index contributed by atoms with van der Waals surface area (Å²) < 4.78 is 2.20. The minimum atomic E-state index is -0.0902. The van der Waals surface area contributed by atoms with E-state index in [9.17, 15) is 4.79 Å². The van der Waals surface area contributed by atoms with E-state index in [4.69, 9.17) is 4.98 Å². The zero-order valence-electron chi connectivity index (χ0n) is 21.3. The summed E-state index contributed by atoms with van der Waals surface area (Å²) in [7, 11) is 0. The molecule has 1 spiro atoms. The van der Waals surface area contributed by atoms with Crippen molar-refractivity contribution >= 4 is 34.4 Å². The van der Waals surface area contributed by atoms with Crippen LogP contribution in [0.15, 0.2) is 30.6 Å². The molecule has 1 unspecified atom stereocenters. The Kier molecular flexibility index (Phi) is 6.03. The van der Waals surface area contributed by atoms with Crippen LogP contribution in [0.2, 0.25) is 0 Å². The molecule has 36 heavy (non-hydrogen) atoms. The van der Waals surface area contributed by atoms with Crippen LogP contribution in [0.3, 0.4) is 0 Å². The maximum atomic E-state index is 12.7. The third-order valence-corrected chi connectivity index (χ3v) is 8.24. The lowest BCUT2D eigenvalue weighted by Gasteiger charge is -2.42. The van der Waals surface area contributed by atoms with E-state index in [1.165, 1.54) is 25.7 Å². The summed E-state index contributed by atoms with van der Waals surface area (Å²) in [6, 6.07) is 6.59. The Bertz CT molecular complexity index is 1250. The monoisotopic (exact) mass is 488 g/mol. The first-order valence-corrected chi connectivity index (χ1v) is 13.5. The summed E-state index contributed by atoms with van der Waals surface area (Å²) in [5.41, 5.74) is 2.58. The fraction of sp³-hybridized carbons (Fsp3) is 0.556. The van der Waals surface area contributed by atoms with Crippen molar-refractivity contribution < 1.29 is 4.79 Å². The van der Waals surface area contributed by atoms with Gasteiger partial charge in [0, 0.05) is 43.8 Å². The molecule has 1 aliphatic carbocycles. The van der Waals surface area contributed by atoms with Crippen LogP contribution >= 0.6 is 0 Å². The van der Waals surface area contributed by atoms with E-state index >= 15 is 0 Å². The van der Waals surface area contributed by atoms with Crippen molar-refractivity contribution in [1.29, 1.82) is 0 Å². The van der Waals surface area contributed by atoms with Crippen molar-refractivity contribution in [1.82, 2.24) is 29.7 Å². The molecule has 9 heteroatoms. The van der Waals surface area contributed by atoms with Crippen LogP contribution in [0.1, 0.15) is 62.9 Å². The highest BCUT2D eigenvalue weighted by Gasteiger charge is 2.41. The SMILES string of the molecule is CCCN1CCN(c2ccc(Nc3ncc4cc5n(c4n3)C3(CCCCC3)CNC5=O)nc2)CC1C. The highest BCUT2D eigenvalue weighted by atomic mass is 16.2. The lowest BCUT2D eigenvalue weighted by atomic mass is 9.80. The van der Waals surface area contributed by atoms with Crippen molar-refractivity contribution in [3.05, 3.63) is 36.3 Å². The van der Waals surface area contributed by atoms with Crippen LogP contribution in [0, 0.1) is 0 Å². The first-order valence-electron chi connectivity index (χ1n) is 13.5. The number of carbonyl (C=O) groups excluding carboxylic acids is 1. The molecule has 1 saturated carbocycles. The van der Waals surface area contributed by atoms with Gasteiger partial charge in [0.2, 0.25) is 5.95 Å². The number of anilines is 3. The molecule has 6 rings (SSSR count). The Morgan fingerprint density at radius 2 is 2.00 bits per heavy atom. The molecular weight excluding hydrogens is 452 g/mol. The molecule has 3 aromatic heterocycles. The molecule has 3 aliphatic rings. The minimum absolute atomic E-state index is 0.0270. The summed E-state index contributed by atoms with van der Waals surface area (Å²) >= 11 is 0. The molecular formula is C27H36N8O. The standard InChI is InChI=1S/C27H36N8O/c1-3-11-33-12-13-34(17-19(33)2)21-7-8-23(28-16-21)31-26-29-15-20-14-22-25(36)30-18-27(9-5-4-6-10-27)35(22)24(20)32-26/h7-8,14-16,19H,3-6,9-13,17-18H2,1-2H3,(H,30,36)(H,28,29,31,32). The van der Waals surface area contributed by atoms with Gasteiger partial charge in [-0.3, -0.25) is 9.69 Å². The van der Waals surface area contributed by atoms with Crippen molar-refractivity contribution in [2.24, 2.45) is 0 Å². The zero-order valence-corrected chi connectivity index (χ0v) is 21.3. The highest BCUT2D eigenvalue weighted by molar-refractivity contribution is 5.99. The van der Waals surface area contributed by atoms with Crippen LogP contribution in [-0.2, 0) is 5.54 Å². The van der Waals surface area contributed by atoms with Crippen molar-refractivity contribution in [2.75, 3.05) is 42.9 Å². The summed E-state index contributed by atoms with van der Waals surface area (Å²) in [5, 5.41) is 7.30. The van der Waals surface area contributed by atoms with Gasteiger partial charge in [-0.05, 0) is 50.9 Å². The topological polar surface area (TPSA) is 91.2 Å². The predicted molar refractivity (Wildman–Crippen MR) is 142 cm³/mol. The summed E-state index contributed by atoms with van der Waals surface area (Å²) in [6.45, 7) is 9.51. The van der Waals surface area contributed by atoms with Gasteiger partial charge in [0.15, 0.2) is 0 Å². The number of piperazine rings is 1. The number of hydrogen-bond donors (Lipinski definition) is 2. The molecule has 1 atom stereocenters. The van der Waals surface area contributed by atoms with Gasteiger partial charge in [0.05, 0.1) is 17.4 Å². The van der Waals surface area contributed by atoms with Gasteiger partial charge in [-0.1, -0.05) is 26.2 Å². The Morgan fingerprint density at radius 1 is 1.14 bits per heavy atom. The molecule has 1 saturated heterocycles. The predicted octanol–water partition coefficient (Wildman–Crippen LogP) is 3.89. The number of hydrogen-bond acceptors (Lipinski definition) is 7. The maximum Gasteiger partial charge on any atom is 0.268 e.